The van der Waals surface area contributed by atoms with Crippen molar-refractivity contribution < 1.29 is 0 Å². The Morgan fingerprint density at radius 3 is 2.52 bits per heavy atom. The van der Waals surface area contributed by atoms with Crippen LogP contribution in [-0.2, 0) is 6.42 Å². The van der Waals surface area contributed by atoms with Gasteiger partial charge in [0.05, 0.1) is 6.04 Å². The standard InChI is InChI=1S/C16H24N4S/c1-5-12(13-9-8-10-21-13)18-16-11(4)15(17-7-3)19-14(6-2)20-16/h8-10,12H,5-7H2,1-4H3,(H2,17,18,19,20). The van der Waals surface area contributed by atoms with Gasteiger partial charge in [-0.05, 0) is 31.7 Å². The third-order valence-corrected chi connectivity index (χ3v) is 4.44. The molecule has 5 heteroatoms. The first-order chi connectivity index (χ1) is 10.2. The van der Waals surface area contributed by atoms with Gasteiger partial charge in [0.1, 0.15) is 17.5 Å². The lowest BCUT2D eigenvalue weighted by Crippen LogP contribution is -2.14. The minimum Gasteiger partial charge on any atom is -0.370 e. The van der Waals surface area contributed by atoms with E-state index in [1.807, 2.05) is 0 Å². The molecule has 0 saturated heterocycles. The maximum absolute atomic E-state index is 4.67. The molecule has 21 heavy (non-hydrogen) atoms. The molecule has 0 amide bonds. The Morgan fingerprint density at radius 1 is 1.19 bits per heavy atom. The number of thiophene rings is 1. The van der Waals surface area contributed by atoms with E-state index in [-0.39, 0.29) is 0 Å². The van der Waals surface area contributed by atoms with E-state index in [0.717, 1.165) is 42.4 Å². The highest BCUT2D eigenvalue weighted by Gasteiger charge is 2.15. The molecule has 0 spiro atoms. The van der Waals surface area contributed by atoms with Crippen molar-refractivity contribution in [2.24, 2.45) is 0 Å². The Morgan fingerprint density at radius 2 is 1.95 bits per heavy atom. The molecule has 0 aliphatic heterocycles. The summed E-state index contributed by atoms with van der Waals surface area (Å²) in [6.45, 7) is 9.30. The summed E-state index contributed by atoms with van der Waals surface area (Å²) in [7, 11) is 0. The summed E-state index contributed by atoms with van der Waals surface area (Å²) in [6.07, 6.45) is 1.87. The van der Waals surface area contributed by atoms with Crippen LogP contribution in [0, 0.1) is 6.92 Å². The van der Waals surface area contributed by atoms with Crippen LogP contribution in [0.25, 0.3) is 0 Å². The maximum Gasteiger partial charge on any atom is 0.135 e. The van der Waals surface area contributed by atoms with Crippen molar-refractivity contribution in [1.29, 1.82) is 0 Å². The van der Waals surface area contributed by atoms with E-state index in [4.69, 9.17) is 0 Å². The van der Waals surface area contributed by atoms with Gasteiger partial charge in [-0.3, -0.25) is 0 Å². The first-order valence-corrected chi connectivity index (χ1v) is 8.48. The average molecular weight is 304 g/mol. The van der Waals surface area contributed by atoms with Gasteiger partial charge in [0.15, 0.2) is 0 Å². The maximum atomic E-state index is 4.67. The van der Waals surface area contributed by atoms with Crippen LogP contribution in [0.2, 0.25) is 0 Å². The fourth-order valence-electron chi connectivity index (χ4n) is 2.23. The van der Waals surface area contributed by atoms with E-state index >= 15 is 0 Å². The van der Waals surface area contributed by atoms with Crippen molar-refractivity contribution in [1.82, 2.24) is 9.97 Å². The quantitative estimate of drug-likeness (QED) is 0.796. The van der Waals surface area contributed by atoms with Gasteiger partial charge in [-0.15, -0.1) is 11.3 Å². The topological polar surface area (TPSA) is 49.8 Å². The first kappa shape index (κ1) is 15.8. The molecule has 1 atom stereocenters. The number of rotatable bonds is 7. The van der Waals surface area contributed by atoms with Gasteiger partial charge in [0, 0.05) is 23.4 Å². The number of hydrogen-bond acceptors (Lipinski definition) is 5. The molecular weight excluding hydrogens is 280 g/mol. The number of aromatic nitrogens is 2. The van der Waals surface area contributed by atoms with Gasteiger partial charge in [0.25, 0.3) is 0 Å². The minimum absolute atomic E-state index is 0.304. The van der Waals surface area contributed by atoms with Crippen LogP contribution < -0.4 is 10.6 Å². The third kappa shape index (κ3) is 3.73. The van der Waals surface area contributed by atoms with Crippen LogP contribution >= 0.6 is 11.3 Å². The highest BCUT2D eigenvalue weighted by molar-refractivity contribution is 7.10. The summed E-state index contributed by atoms with van der Waals surface area (Å²) in [5, 5.41) is 9.04. The highest BCUT2D eigenvalue weighted by atomic mass is 32.1. The predicted octanol–water partition coefficient (Wildman–Crippen LogP) is 4.40. The predicted molar refractivity (Wildman–Crippen MR) is 91.3 cm³/mol. The summed E-state index contributed by atoms with van der Waals surface area (Å²) < 4.78 is 0. The molecule has 0 aromatic carbocycles. The zero-order valence-electron chi connectivity index (χ0n) is 13.2. The van der Waals surface area contributed by atoms with Crippen molar-refractivity contribution in [3.8, 4) is 0 Å². The van der Waals surface area contributed by atoms with Crippen LogP contribution in [0.15, 0.2) is 17.5 Å². The molecule has 0 radical (unpaired) electrons. The highest BCUT2D eigenvalue weighted by Crippen LogP contribution is 2.28. The molecule has 0 aliphatic rings. The molecule has 0 aliphatic carbocycles. The molecule has 114 valence electrons. The van der Waals surface area contributed by atoms with Crippen LogP contribution in [0.3, 0.4) is 0 Å². The van der Waals surface area contributed by atoms with Crippen LogP contribution in [0.5, 0.6) is 0 Å². The Kier molecular flexibility index (Phi) is 5.56. The lowest BCUT2D eigenvalue weighted by molar-refractivity contribution is 0.753. The van der Waals surface area contributed by atoms with Gasteiger partial charge < -0.3 is 10.6 Å². The molecule has 2 N–H and O–H groups in total. The second kappa shape index (κ2) is 7.41. The Hall–Kier alpha value is -1.62. The van der Waals surface area contributed by atoms with Crippen molar-refractivity contribution >= 4 is 23.0 Å². The number of anilines is 2. The molecule has 0 bridgehead atoms. The fraction of sp³-hybridized carbons (Fsp3) is 0.500. The van der Waals surface area contributed by atoms with Crippen molar-refractivity contribution in [3.63, 3.8) is 0 Å². The monoisotopic (exact) mass is 304 g/mol. The molecule has 0 saturated carbocycles. The second-order valence-corrected chi connectivity index (χ2v) is 5.95. The number of nitrogens with one attached hydrogen (secondary N) is 2. The number of nitrogens with zero attached hydrogens (tertiary/aromatic N) is 2. The number of aryl methyl sites for hydroxylation is 1. The third-order valence-electron chi connectivity index (χ3n) is 3.46. The number of hydrogen-bond donors (Lipinski definition) is 2. The van der Waals surface area contributed by atoms with E-state index in [1.165, 1.54) is 4.88 Å². The molecule has 2 aromatic rings. The van der Waals surface area contributed by atoms with Gasteiger partial charge >= 0.3 is 0 Å². The van der Waals surface area contributed by atoms with E-state index in [2.05, 4.69) is 65.8 Å². The van der Waals surface area contributed by atoms with Crippen molar-refractivity contribution in [2.45, 2.75) is 46.6 Å². The summed E-state index contributed by atoms with van der Waals surface area (Å²) in [6, 6.07) is 4.57. The molecular formula is C16H24N4S. The normalized spacial score (nSPS) is 12.2. The molecule has 2 aromatic heterocycles. The Bertz CT molecular complexity index is 566. The van der Waals surface area contributed by atoms with Gasteiger partial charge in [-0.25, -0.2) is 9.97 Å². The molecule has 1 unspecified atom stereocenters. The average Bonchev–Trinajstić information content (AvgIpc) is 3.02. The van der Waals surface area contributed by atoms with Gasteiger partial charge in [0.2, 0.25) is 0 Å². The van der Waals surface area contributed by atoms with E-state index in [0.29, 0.717) is 6.04 Å². The summed E-state index contributed by atoms with van der Waals surface area (Å²) in [5.74, 6) is 2.76. The SMILES string of the molecule is CCNc1nc(CC)nc(NC(CC)c2cccs2)c1C. The summed E-state index contributed by atoms with van der Waals surface area (Å²) in [4.78, 5) is 10.6. The van der Waals surface area contributed by atoms with E-state index in [1.54, 1.807) is 11.3 Å². The second-order valence-electron chi connectivity index (χ2n) is 4.97. The lowest BCUT2D eigenvalue weighted by Gasteiger charge is -2.20. The van der Waals surface area contributed by atoms with Crippen LogP contribution in [0.4, 0.5) is 11.6 Å². The molecule has 2 heterocycles. The Labute approximate surface area is 131 Å². The smallest absolute Gasteiger partial charge is 0.135 e. The van der Waals surface area contributed by atoms with E-state index in [9.17, 15) is 0 Å². The minimum atomic E-state index is 0.304. The van der Waals surface area contributed by atoms with Gasteiger partial charge in [-0.1, -0.05) is 19.9 Å². The van der Waals surface area contributed by atoms with Crippen molar-refractivity contribution in [2.75, 3.05) is 17.2 Å². The zero-order valence-corrected chi connectivity index (χ0v) is 14.0. The fourth-order valence-corrected chi connectivity index (χ4v) is 3.09. The van der Waals surface area contributed by atoms with E-state index < -0.39 is 0 Å². The lowest BCUT2D eigenvalue weighted by atomic mass is 10.1. The van der Waals surface area contributed by atoms with Crippen LogP contribution in [-0.4, -0.2) is 16.5 Å². The van der Waals surface area contributed by atoms with Crippen molar-refractivity contribution in [3.05, 3.63) is 33.8 Å². The molecule has 2 rings (SSSR count). The molecule has 0 fully saturated rings. The Balaban J connectivity index is 2.31. The van der Waals surface area contributed by atoms with Gasteiger partial charge in [-0.2, -0.15) is 0 Å². The first-order valence-electron chi connectivity index (χ1n) is 7.60. The van der Waals surface area contributed by atoms with Crippen LogP contribution in [0.1, 0.15) is 49.5 Å². The summed E-state index contributed by atoms with van der Waals surface area (Å²) >= 11 is 1.78. The zero-order chi connectivity index (χ0) is 15.2. The largest absolute Gasteiger partial charge is 0.370 e. The molecule has 4 nitrogen and oxygen atoms in total. The summed E-state index contributed by atoms with van der Waals surface area (Å²) in [5.41, 5.74) is 1.09.